The summed E-state index contributed by atoms with van der Waals surface area (Å²) >= 11 is 0. The first-order valence-electron chi connectivity index (χ1n) is 6.48. The summed E-state index contributed by atoms with van der Waals surface area (Å²) in [5, 5.41) is 8.64. The number of rotatable bonds is 6. The minimum absolute atomic E-state index is 0.202. The van der Waals surface area contributed by atoms with E-state index in [4.69, 9.17) is 0 Å². The quantitative estimate of drug-likeness (QED) is 0.724. The van der Waals surface area contributed by atoms with Crippen molar-refractivity contribution in [2.75, 3.05) is 24.2 Å². The lowest BCUT2D eigenvalue weighted by molar-refractivity contribution is 0.254. The van der Waals surface area contributed by atoms with E-state index >= 15 is 0 Å². The Labute approximate surface area is 109 Å². The van der Waals surface area contributed by atoms with Gasteiger partial charge in [0.25, 0.3) is 0 Å². The van der Waals surface area contributed by atoms with Gasteiger partial charge < -0.3 is 16.0 Å². The first-order valence-corrected chi connectivity index (χ1v) is 6.48. The molecule has 0 aliphatic rings. The van der Waals surface area contributed by atoms with Crippen LogP contribution in [0.25, 0.3) is 0 Å². The monoisotopic (exact) mass is 249 g/mol. The molecule has 0 fully saturated rings. The van der Waals surface area contributed by atoms with Crippen molar-refractivity contribution >= 4 is 17.4 Å². The van der Waals surface area contributed by atoms with E-state index in [0.29, 0.717) is 5.92 Å². The number of urea groups is 1. The molecule has 0 spiro atoms. The zero-order valence-corrected chi connectivity index (χ0v) is 11.4. The predicted octanol–water partition coefficient (Wildman–Crippen LogP) is 3.29. The van der Waals surface area contributed by atoms with E-state index < -0.39 is 0 Å². The largest absolute Gasteiger partial charge is 0.385 e. The van der Waals surface area contributed by atoms with Crippen LogP contribution in [0.1, 0.15) is 26.7 Å². The number of carbonyl (C=O) groups is 1. The fraction of sp³-hybridized carbons (Fsp3) is 0.500. The van der Waals surface area contributed by atoms with Gasteiger partial charge in [-0.3, -0.25) is 0 Å². The highest BCUT2D eigenvalue weighted by molar-refractivity contribution is 5.89. The lowest BCUT2D eigenvalue weighted by Gasteiger charge is -2.13. The summed E-state index contributed by atoms with van der Waals surface area (Å²) in [6.45, 7) is 5.43. The fourth-order valence-corrected chi connectivity index (χ4v) is 1.75. The molecule has 0 aliphatic carbocycles. The van der Waals surface area contributed by atoms with Gasteiger partial charge in [-0.1, -0.05) is 20.3 Å². The molecule has 0 heterocycles. The van der Waals surface area contributed by atoms with Gasteiger partial charge in [0.15, 0.2) is 0 Å². The second kappa shape index (κ2) is 7.58. The normalized spacial score (nSPS) is 11.7. The van der Waals surface area contributed by atoms with E-state index in [-0.39, 0.29) is 6.03 Å². The molecule has 100 valence electrons. The second-order valence-electron chi connectivity index (χ2n) is 4.56. The van der Waals surface area contributed by atoms with Crippen LogP contribution in [-0.2, 0) is 0 Å². The molecule has 1 atom stereocenters. The number of carbonyl (C=O) groups excluding carboxylic acids is 1. The van der Waals surface area contributed by atoms with Crippen LogP contribution in [-0.4, -0.2) is 19.6 Å². The van der Waals surface area contributed by atoms with Gasteiger partial charge in [-0.2, -0.15) is 0 Å². The van der Waals surface area contributed by atoms with E-state index in [0.717, 1.165) is 17.9 Å². The van der Waals surface area contributed by atoms with Crippen LogP contribution in [0.2, 0.25) is 0 Å². The zero-order chi connectivity index (χ0) is 13.4. The molecule has 0 radical (unpaired) electrons. The van der Waals surface area contributed by atoms with Crippen molar-refractivity contribution in [1.29, 1.82) is 0 Å². The van der Waals surface area contributed by atoms with Crippen molar-refractivity contribution in [2.24, 2.45) is 5.92 Å². The van der Waals surface area contributed by atoms with Crippen LogP contribution in [0.3, 0.4) is 0 Å². The molecule has 3 N–H and O–H groups in total. The van der Waals surface area contributed by atoms with Crippen molar-refractivity contribution < 1.29 is 4.79 Å². The maximum Gasteiger partial charge on any atom is 0.318 e. The van der Waals surface area contributed by atoms with E-state index in [9.17, 15) is 4.79 Å². The van der Waals surface area contributed by atoms with E-state index in [2.05, 4.69) is 29.8 Å². The highest BCUT2D eigenvalue weighted by Crippen LogP contribution is 2.14. The molecule has 0 aliphatic heterocycles. The number of nitrogens with one attached hydrogen (secondary N) is 3. The van der Waals surface area contributed by atoms with Crippen molar-refractivity contribution in [2.45, 2.75) is 26.7 Å². The molecular weight excluding hydrogens is 226 g/mol. The Morgan fingerprint density at radius 1 is 1.22 bits per heavy atom. The Balaban J connectivity index is 2.42. The van der Waals surface area contributed by atoms with Crippen LogP contribution >= 0.6 is 0 Å². The topological polar surface area (TPSA) is 53.2 Å². The van der Waals surface area contributed by atoms with E-state index in [1.807, 2.05) is 24.3 Å². The van der Waals surface area contributed by atoms with Crippen molar-refractivity contribution in [3.05, 3.63) is 24.3 Å². The summed E-state index contributed by atoms with van der Waals surface area (Å²) in [6, 6.07) is 7.53. The molecule has 2 amide bonds. The standard InChI is InChI=1S/C14H23N3O/c1-4-5-11(2)10-16-12-6-8-13(9-7-12)17-14(18)15-3/h6-9,11,16H,4-5,10H2,1-3H3,(H2,15,17,18). The fourth-order valence-electron chi connectivity index (χ4n) is 1.75. The van der Waals surface area contributed by atoms with Gasteiger partial charge in [0.1, 0.15) is 0 Å². The lowest BCUT2D eigenvalue weighted by atomic mass is 10.1. The van der Waals surface area contributed by atoms with Crippen molar-refractivity contribution in [3.8, 4) is 0 Å². The number of anilines is 2. The maximum absolute atomic E-state index is 11.1. The van der Waals surface area contributed by atoms with Crippen LogP contribution in [0.4, 0.5) is 16.2 Å². The van der Waals surface area contributed by atoms with Crippen molar-refractivity contribution in [3.63, 3.8) is 0 Å². The van der Waals surface area contributed by atoms with Gasteiger partial charge in [-0.25, -0.2) is 4.79 Å². The summed E-state index contributed by atoms with van der Waals surface area (Å²) in [7, 11) is 1.60. The molecule has 4 nitrogen and oxygen atoms in total. The number of amides is 2. The number of benzene rings is 1. The predicted molar refractivity (Wildman–Crippen MR) is 77.1 cm³/mol. The van der Waals surface area contributed by atoms with E-state index in [1.165, 1.54) is 12.8 Å². The lowest BCUT2D eigenvalue weighted by Crippen LogP contribution is -2.24. The van der Waals surface area contributed by atoms with Crippen LogP contribution < -0.4 is 16.0 Å². The third-order valence-corrected chi connectivity index (χ3v) is 2.81. The summed E-state index contributed by atoms with van der Waals surface area (Å²) < 4.78 is 0. The summed E-state index contributed by atoms with van der Waals surface area (Å²) in [5.74, 6) is 0.679. The van der Waals surface area contributed by atoms with Gasteiger partial charge in [-0.05, 0) is 36.6 Å². The van der Waals surface area contributed by atoms with Gasteiger partial charge in [-0.15, -0.1) is 0 Å². The van der Waals surface area contributed by atoms with Gasteiger partial charge in [0, 0.05) is 25.0 Å². The minimum Gasteiger partial charge on any atom is -0.385 e. The smallest absolute Gasteiger partial charge is 0.318 e. The van der Waals surface area contributed by atoms with Crippen LogP contribution in [0, 0.1) is 5.92 Å². The molecule has 0 aromatic heterocycles. The minimum atomic E-state index is -0.202. The molecule has 1 unspecified atom stereocenters. The zero-order valence-electron chi connectivity index (χ0n) is 11.4. The Bertz CT molecular complexity index is 362. The average molecular weight is 249 g/mol. The van der Waals surface area contributed by atoms with Crippen molar-refractivity contribution in [1.82, 2.24) is 5.32 Å². The van der Waals surface area contributed by atoms with Crippen LogP contribution in [0.15, 0.2) is 24.3 Å². The highest BCUT2D eigenvalue weighted by Gasteiger charge is 2.01. The first kappa shape index (κ1) is 14.4. The number of hydrogen-bond acceptors (Lipinski definition) is 2. The third-order valence-electron chi connectivity index (χ3n) is 2.81. The molecule has 1 rings (SSSR count). The van der Waals surface area contributed by atoms with Crippen LogP contribution in [0.5, 0.6) is 0 Å². The highest BCUT2D eigenvalue weighted by atomic mass is 16.2. The molecule has 0 saturated carbocycles. The summed E-state index contributed by atoms with van der Waals surface area (Å²) in [4.78, 5) is 11.1. The first-order chi connectivity index (χ1) is 8.65. The second-order valence-corrected chi connectivity index (χ2v) is 4.56. The Kier molecular flexibility index (Phi) is 6.05. The molecule has 0 bridgehead atoms. The molecule has 4 heteroatoms. The molecule has 1 aromatic carbocycles. The summed E-state index contributed by atoms with van der Waals surface area (Å²) in [6.07, 6.45) is 2.46. The number of hydrogen-bond donors (Lipinski definition) is 3. The Hall–Kier alpha value is -1.71. The maximum atomic E-state index is 11.1. The Morgan fingerprint density at radius 3 is 2.39 bits per heavy atom. The van der Waals surface area contributed by atoms with Gasteiger partial charge in [0.05, 0.1) is 0 Å². The molecular formula is C14H23N3O. The summed E-state index contributed by atoms with van der Waals surface area (Å²) in [5.41, 5.74) is 1.88. The average Bonchev–Trinajstić information content (AvgIpc) is 2.38. The van der Waals surface area contributed by atoms with E-state index in [1.54, 1.807) is 7.05 Å². The third kappa shape index (κ3) is 5.08. The molecule has 0 saturated heterocycles. The SMILES string of the molecule is CCCC(C)CNc1ccc(NC(=O)NC)cc1. The Morgan fingerprint density at radius 2 is 1.83 bits per heavy atom. The molecule has 18 heavy (non-hydrogen) atoms. The van der Waals surface area contributed by atoms with Gasteiger partial charge in [0.2, 0.25) is 0 Å². The van der Waals surface area contributed by atoms with Gasteiger partial charge >= 0.3 is 6.03 Å². The molecule has 1 aromatic rings.